The second-order valence-electron chi connectivity index (χ2n) is 7.75. The number of aliphatic imine (C=N–C) groups is 1. The van der Waals surface area contributed by atoms with Gasteiger partial charge >= 0.3 is 0 Å². The summed E-state index contributed by atoms with van der Waals surface area (Å²) in [6, 6.07) is 8.31. The number of rotatable bonds is 6. The summed E-state index contributed by atoms with van der Waals surface area (Å²) >= 11 is 0. The average molecular weight is 499 g/mol. The van der Waals surface area contributed by atoms with Crippen molar-refractivity contribution in [3.05, 3.63) is 46.8 Å². The zero-order chi connectivity index (χ0) is 20.0. The highest BCUT2D eigenvalue weighted by Crippen LogP contribution is 2.24. The van der Waals surface area contributed by atoms with Crippen LogP contribution in [0.25, 0.3) is 0 Å². The van der Waals surface area contributed by atoms with Crippen LogP contribution in [-0.2, 0) is 19.0 Å². The van der Waals surface area contributed by atoms with E-state index in [1.165, 1.54) is 11.1 Å². The molecule has 1 aromatic heterocycles. The molecule has 2 aromatic rings. The van der Waals surface area contributed by atoms with E-state index < -0.39 is 0 Å². The maximum Gasteiger partial charge on any atom is 0.191 e. The largest absolute Gasteiger partial charge is 0.492 e. The summed E-state index contributed by atoms with van der Waals surface area (Å²) in [5, 5.41) is 11.1. The predicted octanol–water partition coefficient (Wildman–Crippen LogP) is 3.70. The minimum Gasteiger partial charge on any atom is -0.492 e. The number of hydrogen-bond acceptors (Lipinski definition) is 3. The van der Waals surface area contributed by atoms with Crippen LogP contribution < -0.4 is 15.4 Å². The van der Waals surface area contributed by atoms with E-state index in [-0.39, 0.29) is 29.4 Å². The second kappa shape index (κ2) is 10.7. The third kappa shape index (κ3) is 6.68. The molecule has 0 bridgehead atoms. The number of guanidine groups is 1. The quantitative estimate of drug-likeness (QED) is 0.276. The van der Waals surface area contributed by atoms with E-state index in [4.69, 9.17) is 4.74 Å². The van der Waals surface area contributed by atoms with Gasteiger partial charge in [-0.05, 0) is 37.0 Å². The number of nitrogens with zero attached hydrogens (tertiary/aromatic N) is 3. The molecule has 0 aliphatic rings. The third-order valence-corrected chi connectivity index (χ3v) is 4.70. The SMILES string of the molecule is CN=C(NCCOc1ccc(C(C)(C)C)cc1)NCc1c(C)nn(C)c1C.I. The maximum absolute atomic E-state index is 5.81. The van der Waals surface area contributed by atoms with Gasteiger partial charge in [-0.2, -0.15) is 5.10 Å². The predicted molar refractivity (Wildman–Crippen MR) is 127 cm³/mol. The number of aryl methyl sites for hydroxylation is 2. The summed E-state index contributed by atoms with van der Waals surface area (Å²) in [6.45, 7) is 12.7. The molecule has 2 N–H and O–H groups in total. The van der Waals surface area contributed by atoms with Gasteiger partial charge in [-0.3, -0.25) is 9.67 Å². The van der Waals surface area contributed by atoms with Crippen LogP contribution >= 0.6 is 24.0 Å². The maximum atomic E-state index is 5.81. The van der Waals surface area contributed by atoms with Crippen molar-refractivity contribution in [2.75, 3.05) is 20.2 Å². The number of ether oxygens (including phenoxy) is 1. The Morgan fingerprint density at radius 1 is 1.14 bits per heavy atom. The second-order valence-corrected chi connectivity index (χ2v) is 7.75. The molecule has 0 fully saturated rings. The van der Waals surface area contributed by atoms with Crippen molar-refractivity contribution < 1.29 is 4.74 Å². The fraction of sp³-hybridized carbons (Fsp3) is 0.524. The van der Waals surface area contributed by atoms with Crippen LogP contribution in [0.5, 0.6) is 5.75 Å². The molecule has 0 unspecified atom stereocenters. The Morgan fingerprint density at radius 2 is 1.79 bits per heavy atom. The van der Waals surface area contributed by atoms with Gasteiger partial charge in [0.15, 0.2) is 5.96 Å². The van der Waals surface area contributed by atoms with E-state index in [1.807, 2.05) is 30.8 Å². The van der Waals surface area contributed by atoms with E-state index in [2.05, 4.69) is 60.6 Å². The Morgan fingerprint density at radius 3 is 2.29 bits per heavy atom. The normalized spacial score (nSPS) is 11.8. The van der Waals surface area contributed by atoms with E-state index in [0.29, 0.717) is 19.7 Å². The highest BCUT2D eigenvalue weighted by Gasteiger charge is 2.13. The van der Waals surface area contributed by atoms with Crippen molar-refractivity contribution in [2.24, 2.45) is 12.0 Å². The van der Waals surface area contributed by atoms with E-state index in [9.17, 15) is 0 Å². The lowest BCUT2D eigenvalue weighted by atomic mass is 9.87. The Labute approximate surface area is 186 Å². The summed E-state index contributed by atoms with van der Waals surface area (Å²) < 4.78 is 7.72. The third-order valence-electron chi connectivity index (χ3n) is 4.70. The monoisotopic (exact) mass is 499 g/mol. The first-order valence-electron chi connectivity index (χ1n) is 9.39. The first-order chi connectivity index (χ1) is 12.7. The van der Waals surface area contributed by atoms with Crippen molar-refractivity contribution in [2.45, 2.75) is 46.6 Å². The molecule has 6 nitrogen and oxygen atoms in total. The topological polar surface area (TPSA) is 63.5 Å². The molecule has 0 amide bonds. The summed E-state index contributed by atoms with van der Waals surface area (Å²) in [5.74, 6) is 1.64. The van der Waals surface area contributed by atoms with Crippen LogP contribution in [0.1, 0.15) is 43.3 Å². The molecule has 0 aliphatic heterocycles. The highest BCUT2D eigenvalue weighted by molar-refractivity contribution is 14.0. The van der Waals surface area contributed by atoms with Gasteiger partial charge in [-0.15, -0.1) is 24.0 Å². The van der Waals surface area contributed by atoms with E-state index in [1.54, 1.807) is 7.05 Å². The molecule has 7 heteroatoms. The Balaban J connectivity index is 0.00000392. The summed E-state index contributed by atoms with van der Waals surface area (Å²) in [6.07, 6.45) is 0. The van der Waals surface area contributed by atoms with Crippen molar-refractivity contribution in [1.29, 1.82) is 0 Å². The Hall–Kier alpha value is -1.77. The van der Waals surface area contributed by atoms with Crippen molar-refractivity contribution in [3.8, 4) is 5.75 Å². The lowest BCUT2D eigenvalue weighted by Crippen LogP contribution is -2.39. The zero-order valence-corrected chi connectivity index (χ0v) is 20.4. The molecule has 0 aliphatic carbocycles. The number of hydrogen-bond donors (Lipinski definition) is 2. The van der Waals surface area contributed by atoms with Gasteiger partial charge in [0.2, 0.25) is 0 Å². The van der Waals surface area contributed by atoms with E-state index >= 15 is 0 Å². The molecule has 1 heterocycles. The molecule has 2 rings (SSSR count). The smallest absolute Gasteiger partial charge is 0.191 e. The highest BCUT2D eigenvalue weighted by atomic mass is 127. The molecule has 156 valence electrons. The van der Waals surface area contributed by atoms with Crippen LogP contribution in [0.2, 0.25) is 0 Å². The zero-order valence-electron chi connectivity index (χ0n) is 18.1. The van der Waals surface area contributed by atoms with Crippen LogP contribution in [0, 0.1) is 13.8 Å². The molecule has 0 radical (unpaired) electrons. The molecule has 0 saturated heterocycles. The van der Waals surface area contributed by atoms with Gasteiger partial charge in [0, 0.05) is 31.9 Å². The number of aromatic nitrogens is 2. The van der Waals surface area contributed by atoms with Crippen LogP contribution in [0.15, 0.2) is 29.3 Å². The van der Waals surface area contributed by atoms with Crippen LogP contribution in [-0.4, -0.2) is 35.9 Å². The summed E-state index contributed by atoms with van der Waals surface area (Å²) in [4.78, 5) is 4.26. The fourth-order valence-corrected chi connectivity index (χ4v) is 2.86. The lowest BCUT2D eigenvalue weighted by molar-refractivity contribution is 0.321. The Bertz CT molecular complexity index is 775. The molecular weight excluding hydrogens is 465 g/mol. The fourth-order valence-electron chi connectivity index (χ4n) is 2.86. The molecule has 0 spiro atoms. The summed E-state index contributed by atoms with van der Waals surface area (Å²) in [5.41, 5.74) is 4.87. The van der Waals surface area contributed by atoms with Gasteiger partial charge in [0.1, 0.15) is 12.4 Å². The Kier molecular flexibility index (Phi) is 9.26. The van der Waals surface area contributed by atoms with Crippen LogP contribution in [0.3, 0.4) is 0 Å². The first-order valence-corrected chi connectivity index (χ1v) is 9.39. The molecule has 0 atom stereocenters. The van der Waals surface area contributed by atoms with Gasteiger partial charge in [-0.1, -0.05) is 32.9 Å². The van der Waals surface area contributed by atoms with Crippen molar-refractivity contribution in [1.82, 2.24) is 20.4 Å². The average Bonchev–Trinajstić information content (AvgIpc) is 2.86. The molecule has 1 aromatic carbocycles. The van der Waals surface area contributed by atoms with Crippen molar-refractivity contribution >= 4 is 29.9 Å². The van der Waals surface area contributed by atoms with Gasteiger partial charge < -0.3 is 15.4 Å². The van der Waals surface area contributed by atoms with Gasteiger partial charge in [0.05, 0.1) is 12.2 Å². The van der Waals surface area contributed by atoms with Crippen molar-refractivity contribution in [3.63, 3.8) is 0 Å². The standard InChI is InChI=1S/C21H33N5O.HI/c1-15-19(16(2)26(7)25-15)14-24-20(22-6)23-12-13-27-18-10-8-17(9-11-18)21(3,4)5;/h8-11H,12-14H2,1-7H3,(H2,22,23,24);1H. The molecule has 0 saturated carbocycles. The van der Waals surface area contributed by atoms with Crippen LogP contribution in [0.4, 0.5) is 0 Å². The number of benzene rings is 1. The van der Waals surface area contributed by atoms with Gasteiger partial charge in [-0.25, -0.2) is 0 Å². The summed E-state index contributed by atoms with van der Waals surface area (Å²) in [7, 11) is 3.73. The molecular formula is C21H34IN5O. The minimum atomic E-state index is 0. The minimum absolute atomic E-state index is 0. The molecule has 28 heavy (non-hydrogen) atoms. The van der Waals surface area contributed by atoms with Gasteiger partial charge in [0.25, 0.3) is 0 Å². The van der Waals surface area contributed by atoms with E-state index in [0.717, 1.165) is 23.1 Å². The lowest BCUT2D eigenvalue weighted by Gasteiger charge is -2.19. The number of halogens is 1. The first kappa shape index (κ1) is 24.3. The number of nitrogens with one attached hydrogen (secondary N) is 2.